The van der Waals surface area contributed by atoms with Crippen LogP contribution in [0.5, 0.6) is 11.5 Å². The Labute approximate surface area is 222 Å². The second-order valence-electron chi connectivity index (χ2n) is 10.8. The lowest BCUT2D eigenvalue weighted by molar-refractivity contribution is 0.102. The van der Waals surface area contributed by atoms with Gasteiger partial charge in [0, 0.05) is 37.8 Å². The Hall–Kier alpha value is -2.63. The normalized spacial score (nSPS) is 18.1. The summed E-state index contributed by atoms with van der Waals surface area (Å²) in [5, 5.41) is 1.15. The molecule has 5 nitrogen and oxygen atoms in total. The fourth-order valence-electron chi connectivity index (χ4n) is 5.70. The highest BCUT2D eigenvalue weighted by molar-refractivity contribution is 5.85. The molecule has 3 aromatic rings. The third-order valence-corrected chi connectivity index (χ3v) is 7.87. The highest BCUT2D eigenvalue weighted by Gasteiger charge is 2.21. The Morgan fingerprint density at radius 2 is 1.62 bits per heavy atom. The van der Waals surface area contributed by atoms with Gasteiger partial charge in [0.25, 0.3) is 0 Å². The molecule has 0 unspecified atom stereocenters. The van der Waals surface area contributed by atoms with E-state index in [1.165, 1.54) is 49.9 Å². The van der Waals surface area contributed by atoms with Crippen LogP contribution in [0, 0.1) is 6.92 Å². The number of aryl methyl sites for hydroxylation is 1. The number of fused-ring (bicyclic) bond motifs is 1. The molecule has 0 atom stereocenters. The topological polar surface area (TPSA) is 37.8 Å². The molecule has 5 heteroatoms. The average Bonchev–Trinajstić information content (AvgIpc) is 3.20. The molecule has 37 heavy (non-hydrogen) atoms. The lowest BCUT2D eigenvalue weighted by atomic mass is 10.1. The maximum Gasteiger partial charge on any atom is 0.146 e. The van der Waals surface area contributed by atoms with Gasteiger partial charge in [-0.3, -0.25) is 4.98 Å². The monoisotopic (exact) mass is 501 g/mol. The number of ether oxygens (including phenoxy) is 2. The van der Waals surface area contributed by atoms with Gasteiger partial charge in [-0.2, -0.15) is 0 Å². The summed E-state index contributed by atoms with van der Waals surface area (Å²) in [5.74, 6) is 1.93. The number of nitrogens with zero attached hydrogens (tertiary/aromatic N) is 3. The molecule has 2 aliphatic heterocycles. The van der Waals surface area contributed by atoms with E-state index >= 15 is 0 Å². The Kier molecular flexibility index (Phi) is 9.31. The van der Waals surface area contributed by atoms with E-state index in [2.05, 4.69) is 64.2 Å². The number of hydrogen-bond donors (Lipinski definition) is 0. The summed E-state index contributed by atoms with van der Waals surface area (Å²) < 4.78 is 12.5. The molecule has 0 saturated carbocycles. The second kappa shape index (κ2) is 13.3. The average molecular weight is 502 g/mol. The van der Waals surface area contributed by atoms with Gasteiger partial charge in [0.1, 0.15) is 23.1 Å². The van der Waals surface area contributed by atoms with Crippen LogP contribution in [0.15, 0.2) is 54.7 Å². The first-order chi connectivity index (χ1) is 18.2. The fraction of sp³-hybridized carbons (Fsp3) is 0.531. The Morgan fingerprint density at radius 1 is 0.865 bits per heavy atom. The van der Waals surface area contributed by atoms with Crippen LogP contribution in [0.25, 0.3) is 10.9 Å². The quantitative estimate of drug-likeness (QED) is 0.306. The van der Waals surface area contributed by atoms with Gasteiger partial charge in [0.05, 0.1) is 6.61 Å². The lowest BCUT2D eigenvalue weighted by Gasteiger charge is -2.32. The molecule has 0 aliphatic carbocycles. The molecule has 2 aromatic carbocycles. The summed E-state index contributed by atoms with van der Waals surface area (Å²) in [5.41, 5.74) is 3.57. The number of benzene rings is 2. The van der Waals surface area contributed by atoms with Crippen LogP contribution in [0.3, 0.4) is 0 Å². The molecule has 5 rings (SSSR count). The predicted molar refractivity (Wildman–Crippen MR) is 152 cm³/mol. The minimum Gasteiger partial charge on any atom is -0.494 e. The van der Waals surface area contributed by atoms with Crippen molar-refractivity contribution in [2.24, 2.45) is 0 Å². The fourth-order valence-corrected chi connectivity index (χ4v) is 5.70. The number of pyridine rings is 1. The first kappa shape index (κ1) is 26.0. The van der Waals surface area contributed by atoms with E-state index in [-0.39, 0.29) is 6.10 Å². The van der Waals surface area contributed by atoms with Gasteiger partial charge in [-0.15, -0.1) is 0 Å². The zero-order valence-electron chi connectivity index (χ0n) is 22.5. The summed E-state index contributed by atoms with van der Waals surface area (Å²) in [6, 6.07) is 17.2. The van der Waals surface area contributed by atoms with Crippen LogP contribution in [0.2, 0.25) is 0 Å². The number of rotatable bonds is 10. The van der Waals surface area contributed by atoms with Gasteiger partial charge in [-0.05, 0) is 100.0 Å². The molecule has 2 aliphatic rings. The number of likely N-dealkylation sites (tertiary alicyclic amines) is 2. The molecule has 0 bridgehead atoms. The van der Waals surface area contributed by atoms with Crippen LogP contribution in [-0.4, -0.2) is 66.8 Å². The summed E-state index contributed by atoms with van der Waals surface area (Å²) in [6.07, 6.45) is 11.9. The number of hydrogen-bond acceptors (Lipinski definition) is 5. The Balaban J connectivity index is 1.00. The van der Waals surface area contributed by atoms with Crippen molar-refractivity contribution in [3.63, 3.8) is 0 Å². The summed E-state index contributed by atoms with van der Waals surface area (Å²) in [6.45, 7) is 9.89. The largest absolute Gasteiger partial charge is 0.494 e. The smallest absolute Gasteiger partial charge is 0.146 e. The standard InChI is InChI=1S/C32H43N3O2/c1-26-24-28-8-6-16-33-32(28)31(25-26)37-30-14-21-35(22-15-30)20-13-27-9-11-29(12-10-27)36-23-7-19-34-17-4-2-3-5-18-34/h6,8-12,16,24-25,30H,2-5,7,13-15,17-23H2,1H3. The third kappa shape index (κ3) is 7.68. The van der Waals surface area contributed by atoms with Crippen molar-refractivity contribution in [3.8, 4) is 11.5 Å². The van der Waals surface area contributed by atoms with Crippen molar-refractivity contribution in [2.75, 3.05) is 45.9 Å². The zero-order valence-corrected chi connectivity index (χ0v) is 22.5. The van der Waals surface area contributed by atoms with E-state index in [4.69, 9.17) is 9.47 Å². The molecule has 0 radical (unpaired) electrons. The summed E-state index contributed by atoms with van der Waals surface area (Å²) in [7, 11) is 0. The predicted octanol–water partition coefficient (Wildman–Crippen LogP) is 6.27. The molecule has 2 fully saturated rings. The SMILES string of the molecule is Cc1cc(OC2CCN(CCc3ccc(OCCCN4CCCCCC4)cc3)CC2)c2ncccc2c1. The maximum absolute atomic E-state index is 6.45. The minimum absolute atomic E-state index is 0.263. The van der Waals surface area contributed by atoms with Crippen LogP contribution >= 0.6 is 0 Å². The van der Waals surface area contributed by atoms with Crippen molar-refractivity contribution in [3.05, 3.63) is 65.9 Å². The van der Waals surface area contributed by atoms with E-state index in [9.17, 15) is 0 Å². The van der Waals surface area contributed by atoms with Gasteiger partial charge in [0.15, 0.2) is 0 Å². The second-order valence-corrected chi connectivity index (χ2v) is 10.8. The summed E-state index contributed by atoms with van der Waals surface area (Å²) >= 11 is 0. The third-order valence-electron chi connectivity index (χ3n) is 7.87. The van der Waals surface area contributed by atoms with Crippen molar-refractivity contribution in [1.29, 1.82) is 0 Å². The van der Waals surface area contributed by atoms with Gasteiger partial charge in [-0.1, -0.05) is 31.0 Å². The highest BCUT2D eigenvalue weighted by Crippen LogP contribution is 2.28. The number of aromatic nitrogens is 1. The minimum atomic E-state index is 0.263. The molecule has 198 valence electrons. The van der Waals surface area contributed by atoms with Gasteiger partial charge in [-0.25, -0.2) is 0 Å². The molecular formula is C32H43N3O2. The molecular weight excluding hydrogens is 458 g/mol. The van der Waals surface area contributed by atoms with Crippen LogP contribution in [-0.2, 0) is 6.42 Å². The van der Waals surface area contributed by atoms with Crippen LogP contribution in [0.4, 0.5) is 0 Å². The van der Waals surface area contributed by atoms with Gasteiger partial charge < -0.3 is 19.3 Å². The molecule has 2 saturated heterocycles. The molecule has 0 spiro atoms. The first-order valence-electron chi connectivity index (χ1n) is 14.4. The van der Waals surface area contributed by atoms with Crippen LogP contribution in [0.1, 0.15) is 56.1 Å². The van der Waals surface area contributed by atoms with Gasteiger partial charge >= 0.3 is 0 Å². The van der Waals surface area contributed by atoms with E-state index in [0.717, 1.165) is 80.9 Å². The van der Waals surface area contributed by atoms with Crippen LogP contribution < -0.4 is 9.47 Å². The van der Waals surface area contributed by atoms with Crippen molar-refractivity contribution in [2.45, 2.75) is 64.4 Å². The molecule has 3 heterocycles. The lowest BCUT2D eigenvalue weighted by Crippen LogP contribution is -2.39. The van der Waals surface area contributed by atoms with Crippen molar-refractivity contribution in [1.82, 2.24) is 14.8 Å². The van der Waals surface area contributed by atoms with Crippen molar-refractivity contribution >= 4 is 10.9 Å². The highest BCUT2D eigenvalue weighted by atomic mass is 16.5. The Bertz CT molecular complexity index is 1100. The maximum atomic E-state index is 6.45. The van der Waals surface area contributed by atoms with E-state index in [1.54, 1.807) is 0 Å². The molecule has 0 amide bonds. The first-order valence-corrected chi connectivity index (χ1v) is 14.4. The molecule has 0 N–H and O–H groups in total. The Morgan fingerprint density at radius 3 is 2.41 bits per heavy atom. The number of piperidine rings is 1. The zero-order chi connectivity index (χ0) is 25.3. The van der Waals surface area contributed by atoms with Gasteiger partial charge in [0.2, 0.25) is 0 Å². The van der Waals surface area contributed by atoms with E-state index < -0.39 is 0 Å². The van der Waals surface area contributed by atoms with E-state index in [0.29, 0.717) is 0 Å². The van der Waals surface area contributed by atoms with E-state index in [1.807, 2.05) is 12.3 Å². The van der Waals surface area contributed by atoms with Crippen molar-refractivity contribution < 1.29 is 9.47 Å². The summed E-state index contributed by atoms with van der Waals surface area (Å²) in [4.78, 5) is 9.75. The molecule has 1 aromatic heterocycles.